The molecule has 24 heavy (non-hydrogen) atoms. The number of carbonyl (C=O) groups excluding carboxylic acids is 1. The zero-order valence-electron chi connectivity index (χ0n) is 13.9. The molecule has 0 radical (unpaired) electrons. The van der Waals surface area contributed by atoms with Gasteiger partial charge in [-0.15, -0.1) is 0 Å². The van der Waals surface area contributed by atoms with Crippen LogP contribution in [0.2, 0.25) is 0 Å². The Balaban J connectivity index is 1.43. The minimum Gasteiger partial charge on any atom is -0.369 e. The lowest BCUT2D eigenvalue weighted by Gasteiger charge is -2.35. The predicted molar refractivity (Wildman–Crippen MR) is 97.2 cm³/mol. The summed E-state index contributed by atoms with van der Waals surface area (Å²) in [6, 6.07) is 21.0. The topological polar surface area (TPSA) is 32.3 Å². The number of nitrogens with one attached hydrogen (secondary N) is 1. The van der Waals surface area contributed by atoms with E-state index in [9.17, 15) is 4.79 Å². The molecule has 4 rings (SSSR count). The monoisotopic (exact) mass is 320 g/mol. The summed E-state index contributed by atoms with van der Waals surface area (Å²) < 4.78 is 0. The third-order valence-electron chi connectivity index (χ3n) is 5.39. The van der Waals surface area contributed by atoms with Crippen LogP contribution in [0.5, 0.6) is 0 Å². The highest BCUT2D eigenvalue weighted by Crippen LogP contribution is 2.48. The molecule has 1 heterocycles. The molecule has 1 saturated carbocycles. The minimum atomic E-state index is -0.268. The molecule has 1 aliphatic carbocycles. The third kappa shape index (κ3) is 2.91. The number of hydrogen-bond donors (Lipinski definition) is 1. The van der Waals surface area contributed by atoms with Crippen molar-refractivity contribution in [2.24, 2.45) is 0 Å². The SMILES string of the molecule is O=C(N[C@H]1CCCN(c2ccccc2)C1)C1(c2ccccc2)CC1. The number of carbonyl (C=O) groups is 1. The Morgan fingerprint density at radius 1 is 1.00 bits per heavy atom. The Bertz CT molecular complexity index is 694. The zero-order chi connectivity index (χ0) is 16.4. The van der Waals surface area contributed by atoms with Gasteiger partial charge in [0.2, 0.25) is 5.91 Å². The largest absolute Gasteiger partial charge is 0.369 e. The molecule has 3 nitrogen and oxygen atoms in total. The molecule has 1 N–H and O–H groups in total. The normalized spacial score (nSPS) is 22.0. The summed E-state index contributed by atoms with van der Waals surface area (Å²) in [7, 11) is 0. The van der Waals surface area contributed by atoms with E-state index in [0.29, 0.717) is 0 Å². The van der Waals surface area contributed by atoms with Crippen molar-refractivity contribution in [2.75, 3.05) is 18.0 Å². The second-order valence-electron chi connectivity index (χ2n) is 7.04. The first-order valence-electron chi connectivity index (χ1n) is 8.94. The molecule has 0 unspecified atom stereocenters. The molecule has 2 aliphatic rings. The maximum atomic E-state index is 12.9. The van der Waals surface area contributed by atoms with E-state index in [-0.39, 0.29) is 17.4 Å². The highest BCUT2D eigenvalue weighted by Gasteiger charge is 2.51. The van der Waals surface area contributed by atoms with Crippen LogP contribution in [0.3, 0.4) is 0 Å². The van der Waals surface area contributed by atoms with Crippen molar-refractivity contribution in [3.63, 3.8) is 0 Å². The molecule has 0 aromatic heterocycles. The van der Waals surface area contributed by atoms with Gasteiger partial charge in [-0.3, -0.25) is 4.79 Å². The number of nitrogens with zero attached hydrogens (tertiary/aromatic N) is 1. The van der Waals surface area contributed by atoms with E-state index < -0.39 is 0 Å². The highest BCUT2D eigenvalue weighted by molar-refractivity contribution is 5.91. The molecule has 1 amide bonds. The maximum Gasteiger partial charge on any atom is 0.230 e. The van der Waals surface area contributed by atoms with Crippen molar-refractivity contribution in [2.45, 2.75) is 37.1 Å². The Hall–Kier alpha value is -2.29. The quantitative estimate of drug-likeness (QED) is 0.935. The Morgan fingerprint density at radius 3 is 2.33 bits per heavy atom. The molecule has 1 saturated heterocycles. The van der Waals surface area contributed by atoms with Crippen LogP contribution in [0.25, 0.3) is 0 Å². The molecule has 0 bridgehead atoms. The van der Waals surface area contributed by atoms with Crippen molar-refractivity contribution in [3.8, 4) is 0 Å². The predicted octanol–water partition coefficient (Wildman–Crippen LogP) is 3.50. The van der Waals surface area contributed by atoms with Gasteiger partial charge in [-0.05, 0) is 43.4 Å². The Kier molecular flexibility index (Phi) is 4.01. The fraction of sp³-hybridized carbons (Fsp3) is 0.381. The molecule has 2 fully saturated rings. The van der Waals surface area contributed by atoms with Crippen LogP contribution in [-0.2, 0) is 10.2 Å². The average Bonchev–Trinajstić information content (AvgIpc) is 3.46. The molecule has 2 aromatic carbocycles. The first-order valence-corrected chi connectivity index (χ1v) is 8.94. The number of amides is 1. The molecule has 1 atom stereocenters. The third-order valence-corrected chi connectivity index (χ3v) is 5.39. The van der Waals surface area contributed by atoms with Gasteiger partial charge in [-0.1, -0.05) is 48.5 Å². The molecule has 124 valence electrons. The smallest absolute Gasteiger partial charge is 0.230 e. The van der Waals surface area contributed by atoms with E-state index in [0.717, 1.165) is 38.8 Å². The summed E-state index contributed by atoms with van der Waals surface area (Å²) in [6.07, 6.45) is 4.13. The number of benzene rings is 2. The first kappa shape index (κ1) is 15.3. The lowest BCUT2D eigenvalue weighted by Crippen LogP contribution is -2.50. The van der Waals surface area contributed by atoms with Gasteiger partial charge in [-0.2, -0.15) is 0 Å². The number of rotatable bonds is 4. The maximum absolute atomic E-state index is 12.9. The van der Waals surface area contributed by atoms with E-state index in [1.165, 1.54) is 11.3 Å². The summed E-state index contributed by atoms with van der Waals surface area (Å²) in [4.78, 5) is 15.3. The standard InChI is InChI=1S/C21H24N2O/c24-20(21(13-14-21)17-8-3-1-4-9-17)22-18-10-7-15-23(16-18)19-11-5-2-6-12-19/h1-6,8-9,11-12,18H,7,10,13-16H2,(H,22,24)/t18-/m0/s1. The zero-order valence-corrected chi connectivity index (χ0v) is 13.9. The summed E-state index contributed by atoms with van der Waals surface area (Å²) in [5, 5.41) is 3.34. The van der Waals surface area contributed by atoms with Crippen LogP contribution in [0.1, 0.15) is 31.2 Å². The Labute approximate surface area is 143 Å². The number of hydrogen-bond acceptors (Lipinski definition) is 2. The van der Waals surface area contributed by atoms with Crippen LogP contribution < -0.4 is 10.2 Å². The van der Waals surface area contributed by atoms with Gasteiger partial charge in [0.15, 0.2) is 0 Å². The van der Waals surface area contributed by atoms with Crippen LogP contribution in [0.4, 0.5) is 5.69 Å². The van der Waals surface area contributed by atoms with E-state index in [1.807, 2.05) is 24.3 Å². The highest BCUT2D eigenvalue weighted by atomic mass is 16.2. The van der Waals surface area contributed by atoms with Crippen molar-refractivity contribution in [3.05, 3.63) is 66.2 Å². The fourth-order valence-electron chi connectivity index (χ4n) is 3.82. The van der Waals surface area contributed by atoms with E-state index in [4.69, 9.17) is 0 Å². The molecular weight excluding hydrogens is 296 g/mol. The van der Waals surface area contributed by atoms with Gasteiger partial charge in [0.05, 0.1) is 5.41 Å². The summed E-state index contributed by atoms with van der Waals surface area (Å²) in [6.45, 7) is 1.97. The number of para-hydroxylation sites is 1. The number of anilines is 1. The molecule has 0 spiro atoms. The minimum absolute atomic E-state index is 0.216. The first-order chi connectivity index (χ1) is 11.8. The van der Waals surface area contributed by atoms with Crippen LogP contribution in [-0.4, -0.2) is 25.0 Å². The lowest BCUT2D eigenvalue weighted by molar-refractivity contribution is -0.124. The second-order valence-corrected chi connectivity index (χ2v) is 7.04. The molecule has 1 aliphatic heterocycles. The van der Waals surface area contributed by atoms with Crippen LogP contribution >= 0.6 is 0 Å². The summed E-state index contributed by atoms with van der Waals surface area (Å²) >= 11 is 0. The van der Waals surface area contributed by atoms with Crippen molar-refractivity contribution in [1.29, 1.82) is 0 Å². The van der Waals surface area contributed by atoms with Crippen LogP contribution in [0, 0.1) is 0 Å². The molecular formula is C21H24N2O. The van der Waals surface area contributed by atoms with E-state index in [1.54, 1.807) is 0 Å². The second kappa shape index (κ2) is 6.31. The van der Waals surface area contributed by atoms with Gasteiger partial charge in [0.25, 0.3) is 0 Å². The van der Waals surface area contributed by atoms with E-state index >= 15 is 0 Å². The summed E-state index contributed by atoms with van der Waals surface area (Å²) in [5.74, 6) is 0.216. The molecule has 3 heteroatoms. The van der Waals surface area contributed by atoms with Crippen molar-refractivity contribution < 1.29 is 4.79 Å². The number of piperidine rings is 1. The van der Waals surface area contributed by atoms with Gasteiger partial charge >= 0.3 is 0 Å². The summed E-state index contributed by atoms with van der Waals surface area (Å²) in [5.41, 5.74) is 2.15. The van der Waals surface area contributed by atoms with E-state index in [2.05, 4.69) is 46.6 Å². The Morgan fingerprint density at radius 2 is 1.67 bits per heavy atom. The fourth-order valence-corrected chi connectivity index (χ4v) is 3.82. The van der Waals surface area contributed by atoms with Crippen molar-refractivity contribution >= 4 is 11.6 Å². The lowest BCUT2D eigenvalue weighted by atomic mass is 9.94. The van der Waals surface area contributed by atoms with Gasteiger partial charge in [-0.25, -0.2) is 0 Å². The van der Waals surface area contributed by atoms with Crippen molar-refractivity contribution in [1.82, 2.24) is 5.32 Å². The van der Waals surface area contributed by atoms with Crippen LogP contribution in [0.15, 0.2) is 60.7 Å². The molecule has 2 aromatic rings. The van der Waals surface area contributed by atoms with Gasteiger partial charge in [0, 0.05) is 24.8 Å². The van der Waals surface area contributed by atoms with Gasteiger partial charge < -0.3 is 10.2 Å². The van der Waals surface area contributed by atoms with Gasteiger partial charge in [0.1, 0.15) is 0 Å². The average molecular weight is 320 g/mol.